The van der Waals surface area contributed by atoms with Gasteiger partial charge in [0.25, 0.3) is 0 Å². The molecule has 0 aliphatic carbocycles. The topological polar surface area (TPSA) is 36.3 Å². The lowest BCUT2D eigenvalue weighted by molar-refractivity contribution is -0.0394. The number of hydrogen-bond acceptors (Lipinski definition) is 3. The van der Waals surface area contributed by atoms with Crippen molar-refractivity contribution in [3.05, 3.63) is 35.4 Å². The summed E-state index contributed by atoms with van der Waals surface area (Å²) in [5, 5.41) is 4.54. The Labute approximate surface area is 127 Å². The van der Waals surface area contributed by atoms with Crippen molar-refractivity contribution in [1.82, 2.24) is 9.78 Å². The van der Waals surface area contributed by atoms with Gasteiger partial charge in [-0.15, -0.1) is 0 Å². The van der Waals surface area contributed by atoms with Gasteiger partial charge >= 0.3 is 0 Å². The molecular formula is C15H16ClFN2O2. The van der Waals surface area contributed by atoms with Crippen LogP contribution in [0.5, 0.6) is 5.75 Å². The van der Waals surface area contributed by atoms with Crippen molar-refractivity contribution in [2.24, 2.45) is 0 Å². The van der Waals surface area contributed by atoms with Crippen LogP contribution in [-0.4, -0.2) is 23.5 Å². The normalized spacial score (nSPS) is 18.7. The molecule has 1 aliphatic heterocycles. The lowest BCUT2D eigenvalue weighted by Gasteiger charge is -2.22. The second kappa shape index (κ2) is 6.03. The first kappa shape index (κ1) is 14.4. The van der Waals surface area contributed by atoms with E-state index in [4.69, 9.17) is 21.1 Å². The standard InChI is InChI=1S/C15H16ClFN2O2/c1-20-15-12(16)6-5-11(14(15)17)10-8-18-19(9-10)13-4-2-3-7-21-13/h5-6,8-9,13H,2-4,7H2,1H3. The number of aromatic nitrogens is 2. The highest BCUT2D eigenvalue weighted by atomic mass is 35.5. The number of hydrogen-bond donors (Lipinski definition) is 0. The van der Waals surface area contributed by atoms with Crippen LogP contribution in [0.1, 0.15) is 25.5 Å². The summed E-state index contributed by atoms with van der Waals surface area (Å²) in [5.74, 6) is -0.426. The highest BCUT2D eigenvalue weighted by molar-refractivity contribution is 6.32. The number of rotatable bonds is 3. The molecule has 6 heteroatoms. The minimum absolute atomic E-state index is 0.0517. The van der Waals surface area contributed by atoms with E-state index in [0.717, 1.165) is 25.9 Å². The summed E-state index contributed by atoms with van der Waals surface area (Å²) in [5.41, 5.74) is 1.09. The van der Waals surface area contributed by atoms with Crippen molar-refractivity contribution in [3.8, 4) is 16.9 Å². The molecule has 2 heterocycles. The number of methoxy groups -OCH3 is 1. The molecule has 1 aromatic carbocycles. The minimum Gasteiger partial charge on any atom is -0.492 e. The number of nitrogens with zero attached hydrogens (tertiary/aromatic N) is 2. The summed E-state index contributed by atoms with van der Waals surface area (Å²) in [6.45, 7) is 0.739. The van der Waals surface area contributed by atoms with E-state index in [-0.39, 0.29) is 17.0 Å². The average molecular weight is 311 g/mol. The third-order valence-electron chi connectivity index (χ3n) is 3.62. The molecule has 21 heavy (non-hydrogen) atoms. The predicted octanol–water partition coefficient (Wildman–Crippen LogP) is 4.05. The van der Waals surface area contributed by atoms with Gasteiger partial charge in [0.15, 0.2) is 11.6 Å². The van der Waals surface area contributed by atoms with E-state index in [1.165, 1.54) is 7.11 Å². The first-order valence-corrected chi connectivity index (χ1v) is 7.26. The summed E-state index contributed by atoms with van der Waals surface area (Å²) < 4.78 is 26.8. The first-order valence-electron chi connectivity index (χ1n) is 6.89. The van der Waals surface area contributed by atoms with E-state index < -0.39 is 5.82 Å². The van der Waals surface area contributed by atoms with Crippen LogP contribution in [0.25, 0.3) is 11.1 Å². The molecule has 1 saturated heterocycles. The molecule has 1 atom stereocenters. The van der Waals surface area contributed by atoms with Gasteiger partial charge in [-0.1, -0.05) is 11.6 Å². The average Bonchev–Trinajstić information content (AvgIpc) is 2.98. The van der Waals surface area contributed by atoms with Gasteiger partial charge in [0.1, 0.15) is 6.23 Å². The largest absolute Gasteiger partial charge is 0.492 e. The zero-order valence-electron chi connectivity index (χ0n) is 11.7. The Kier molecular flexibility index (Phi) is 4.12. The highest BCUT2D eigenvalue weighted by Gasteiger charge is 2.19. The Hall–Kier alpha value is -1.59. The predicted molar refractivity (Wildman–Crippen MR) is 78.0 cm³/mol. The van der Waals surface area contributed by atoms with Crippen LogP contribution in [0, 0.1) is 5.82 Å². The van der Waals surface area contributed by atoms with E-state index in [1.54, 1.807) is 29.2 Å². The maximum atomic E-state index is 14.4. The molecule has 1 fully saturated rings. The zero-order chi connectivity index (χ0) is 14.8. The van der Waals surface area contributed by atoms with Gasteiger partial charge in [0.2, 0.25) is 0 Å². The molecule has 112 valence electrons. The monoisotopic (exact) mass is 310 g/mol. The van der Waals surface area contributed by atoms with Crippen LogP contribution in [0.2, 0.25) is 5.02 Å². The maximum Gasteiger partial charge on any atom is 0.174 e. The molecule has 4 nitrogen and oxygen atoms in total. The number of halogens is 2. The summed E-state index contributed by atoms with van der Waals surface area (Å²) >= 11 is 5.91. The van der Waals surface area contributed by atoms with Crippen LogP contribution in [0.4, 0.5) is 4.39 Å². The van der Waals surface area contributed by atoms with Crippen molar-refractivity contribution < 1.29 is 13.9 Å². The lowest BCUT2D eigenvalue weighted by atomic mass is 10.1. The first-order chi connectivity index (χ1) is 10.2. The van der Waals surface area contributed by atoms with Crippen molar-refractivity contribution >= 4 is 11.6 Å². The van der Waals surface area contributed by atoms with Gasteiger partial charge in [-0.2, -0.15) is 5.10 Å². The molecule has 0 N–H and O–H groups in total. The maximum absolute atomic E-state index is 14.4. The highest BCUT2D eigenvalue weighted by Crippen LogP contribution is 2.35. The van der Waals surface area contributed by atoms with Gasteiger partial charge in [0.05, 0.1) is 18.3 Å². The van der Waals surface area contributed by atoms with E-state index in [1.807, 2.05) is 0 Å². The Morgan fingerprint density at radius 3 is 3.00 bits per heavy atom. The third-order valence-corrected chi connectivity index (χ3v) is 3.91. The molecule has 0 saturated carbocycles. The number of benzene rings is 1. The Balaban J connectivity index is 1.93. The van der Waals surface area contributed by atoms with Gasteiger partial charge in [-0.25, -0.2) is 9.07 Å². The Bertz CT molecular complexity index is 639. The Morgan fingerprint density at radius 2 is 2.29 bits per heavy atom. The second-order valence-electron chi connectivity index (χ2n) is 4.97. The fourth-order valence-corrected chi connectivity index (χ4v) is 2.73. The smallest absolute Gasteiger partial charge is 0.174 e. The van der Waals surface area contributed by atoms with E-state index in [0.29, 0.717) is 11.1 Å². The molecule has 0 radical (unpaired) electrons. The van der Waals surface area contributed by atoms with Crippen LogP contribution >= 0.6 is 11.6 Å². The molecule has 2 aromatic rings. The lowest BCUT2D eigenvalue weighted by Crippen LogP contribution is -2.18. The van der Waals surface area contributed by atoms with Crippen molar-refractivity contribution in [1.29, 1.82) is 0 Å². The van der Waals surface area contributed by atoms with Crippen LogP contribution in [-0.2, 0) is 4.74 Å². The summed E-state index contributed by atoms with van der Waals surface area (Å²) in [6.07, 6.45) is 6.47. The second-order valence-corrected chi connectivity index (χ2v) is 5.38. The quantitative estimate of drug-likeness (QED) is 0.858. The van der Waals surface area contributed by atoms with Crippen molar-refractivity contribution in [3.63, 3.8) is 0 Å². The van der Waals surface area contributed by atoms with Gasteiger partial charge < -0.3 is 9.47 Å². The van der Waals surface area contributed by atoms with Gasteiger partial charge in [0, 0.05) is 23.9 Å². The van der Waals surface area contributed by atoms with Crippen molar-refractivity contribution in [2.45, 2.75) is 25.5 Å². The van der Waals surface area contributed by atoms with Crippen LogP contribution in [0.3, 0.4) is 0 Å². The minimum atomic E-state index is -0.478. The summed E-state index contributed by atoms with van der Waals surface area (Å²) in [7, 11) is 1.40. The number of ether oxygens (including phenoxy) is 2. The van der Waals surface area contributed by atoms with E-state index in [2.05, 4.69) is 5.10 Å². The molecular weight excluding hydrogens is 295 g/mol. The van der Waals surface area contributed by atoms with Gasteiger partial charge in [-0.3, -0.25) is 0 Å². The third kappa shape index (κ3) is 2.76. The summed E-state index contributed by atoms with van der Waals surface area (Å²) in [6, 6.07) is 3.25. The van der Waals surface area contributed by atoms with E-state index in [9.17, 15) is 4.39 Å². The molecule has 1 aromatic heterocycles. The molecule has 3 rings (SSSR count). The summed E-state index contributed by atoms with van der Waals surface area (Å²) in [4.78, 5) is 0. The molecule has 0 bridgehead atoms. The van der Waals surface area contributed by atoms with Crippen LogP contribution in [0.15, 0.2) is 24.5 Å². The van der Waals surface area contributed by atoms with Gasteiger partial charge in [-0.05, 0) is 31.4 Å². The van der Waals surface area contributed by atoms with Crippen LogP contribution < -0.4 is 4.74 Å². The Morgan fingerprint density at radius 1 is 1.43 bits per heavy atom. The molecule has 0 amide bonds. The fraction of sp³-hybridized carbons (Fsp3) is 0.400. The van der Waals surface area contributed by atoms with Crippen molar-refractivity contribution in [2.75, 3.05) is 13.7 Å². The fourth-order valence-electron chi connectivity index (χ4n) is 2.51. The zero-order valence-corrected chi connectivity index (χ0v) is 12.4. The SMILES string of the molecule is COc1c(Cl)ccc(-c2cnn(C3CCCCO3)c2)c1F. The molecule has 1 aliphatic rings. The molecule has 1 unspecified atom stereocenters. The molecule has 0 spiro atoms. The van der Waals surface area contributed by atoms with E-state index >= 15 is 0 Å².